The van der Waals surface area contributed by atoms with Gasteiger partial charge in [-0.3, -0.25) is 4.68 Å². The lowest BCUT2D eigenvalue weighted by atomic mass is 9.69. The summed E-state index contributed by atoms with van der Waals surface area (Å²) in [7, 11) is 4.08. The molecule has 1 saturated carbocycles. The number of rotatable bonds is 12. The molecule has 2 N–H and O–H groups in total. The smallest absolute Gasteiger partial charge is 0.0678 e. The highest BCUT2D eigenvalue weighted by molar-refractivity contribution is 5.33. The van der Waals surface area contributed by atoms with Crippen molar-refractivity contribution in [2.24, 2.45) is 5.41 Å². The number of fused-ring (bicyclic) bond motifs is 1. The molecule has 2 aliphatic rings. The molecule has 1 aromatic rings. The van der Waals surface area contributed by atoms with Gasteiger partial charge in [0.1, 0.15) is 0 Å². The zero-order chi connectivity index (χ0) is 20.7. The molecule has 6 nitrogen and oxygen atoms in total. The summed E-state index contributed by atoms with van der Waals surface area (Å²) in [5, 5.41) is 11.8. The molecule has 1 fully saturated rings. The molecule has 3 rings (SSSR count). The highest BCUT2D eigenvalue weighted by atomic mass is 16.5. The summed E-state index contributed by atoms with van der Waals surface area (Å²) in [5.41, 5.74) is 4.63. The van der Waals surface area contributed by atoms with Gasteiger partial charge in [-0.2, -0.15) is 5.10 Å². The fourth-order valence-corrected chi connectivity index (χ4v) is 5.27. The summed E-state index contributed by atoms with van der Waals surface area (Å²) in [4.78, 5) is 0. The molecule has 166 valence electrons. The largest absolute Gasteiger partial charge is 0.381 e. The number of ether oxygens (including phenoxy) is 2. The minimum absolute atomic E-state index is 0.193. The molecule has 6 heteroatoms. The van der Waals surface area contributed by atoms with Gasteiger partial charge in [-0.05, 0) is 77.9 Å². The van der Waals surface area contributed by atoms with Crippen LogP contribution in [0.4, 0.5) is 0 Å². The molecule has 29 heavy (non-hydrogen) atoms. The Morgan fingerprint density at radius 3 is 2.41 bits per heavy atom. The first-order valence-electron chi connectivity index (χ1n) is 11.7. The van der Waals surface area contributed by atoms with E-state index in [1.807, 2.05) is 7.05 Å². The Morgan fingerprint density at radius 2 is 1.83 bits per heavy atom. The number of likely N-dealkylation sites (N-methyl/N-ethyl adjacent to an activating group) is 2. The lowest BCUT2D eigenvalue weighted by Gasteiger charge is -2.40. The van der Waals surface area contributed by atoms with Gasteiger partial charge in [-0.15, -0.1) is 0 Å². The van der Waals surface area contributed by atoms with Gasteiger partial charge in [0.2, 0.25) is 0 Å². The van der Waals surface area contributed by atoms with E-state index in [1.54, 1.807) is 5.56 Å². The molecule has 1 aliphatic carbocycles. The second-order valence-corrected chi connectivity index (χ2v) is 8.93. The summed E-state index contributed by atoms with van der Waals surface area (Å²) in [6.07, 6.45) is 8.27. The van der Waals surface area contributed by atoms with Gasteiger partial charge in [0, 0.05) is 49.9 Å². The summed E-state index contributed by atoms with van der Waals surface area (Å²) in [5.74, 6) is 0.635. The minimum atomic E-state index is 0.193. The van der Waals surface area contributed by atoms with Gasteiger partial charge in [0.15, 0.2) is 0 Å². The molecule has 0 saturated heterocycles. The van der Waals surface area contributed by atoms with E-state index in [0.717, 1.165) is 45.9 Å². The molecular weight excluding hydrogens is 364 g/mol. The van der Waals surface area contributed by atoms with Crippen molar-refractivity contribution in [1.82, 2.24) is 20.4 Å². The predicted molar refractivity (Wildman–Crippen MR) is 118 cm³/mol. The fraction of sp³-hybridized carbons (Fsp3) is 0.870. The maximum absolute atomic E-state index is 5.88. The Hall–Kier alpha value is -0.950. The Morgan fingerprint density at radius 1 is 1.14 bits per heavy atom. The molecule has 0 aromatic carbocycles. The van der Waals surface area contributed by atoms with Crippen LogP contribution in [0, 0.1) is 5.41 Å². The molecule has 1 aliphatic heterocycles. The molecule has 2 heterocycles. The van der Waals surface area contributed by atoms with E-state index in [2.05, 4.69) is 36.2 Å². The van der Waals surface area contributed by atoms with E-state index in [-0.39, 0.29) is 5.41 Å². The van der Waals surface area contributed by atoms with E-state index in [4.69, 9.17) is 14.6 Å². The van der Waals surface area contributed by atoms with Crippen molar-refractivity contribution < 1.29 is 9.47 Å². The van der Waals surface area contributed by atoms with Crippen molar-refractivity contribution in [2.75, 3.05) is 47.1 Å². The number of aryl methyl sites for hydroxylation is 1. The van der Waals surface area contributed by atoms with Gasteiger partial charge < -0.3 is 20.1 Å². The van der Waals surface area contributed by atoms with E-state index in [9.17, 15) is 0 Å². The van der Waals surface area contributed by atoms with Crippen LogP contribution in [-0.4, -0.2) is 62.9 Å². The second kappa shape index (κ2) is 10.9. The number of hydrogen-bond acceptors (Lipinski definition) is 5. The molecule has 0 radical (unpaired) electrons. The van der Waals surface area contributed by atoms with Crippen LogP contribution in [0.2, 0.25) is 0 Å². The standard InChI is InChI=1S/C23H42N4O2/c1-5-28-16-23(17-29-6-2)11-9-18(10-12-23)22-20(14-19(25-4)15-24-3)26-27-13-7-8-21(22)27/h18-19,24-25H,5-17H2,1-4H3. The molecule has 1 unspecified atom stereocenters. The third-order valence-corrected chi connectivity index (χ3v) is 6.94. The molecule has 0 bridgehead atoms. The second-order valence-electron chi connectivity index (χ2n) is 8.93. The topological polar surface area (TPSA) is 60.3 Å². The Bertz CT molecular complexity index is 613. The van der Waals surface area contributed by atoms with Gasteiger partial charge in [-0.1, -0.05) is 0 Å². The van der Waals surface area contributed by atoms with E-state index >= 15 is 0 Å². The summed E-state index contributed by atoms with van der Waals surface area (Å²) < 4.78 is 14.1. The van der Waals surface area contributed by atoms with Crippen molar-refractivity contribution in [3.8, 4) is 0 Å². The molecule has 1 atom stereocenters. The summed E-state index contributed by atoms with van der Waals surface area (Å²) >= 11 is 0. The zero-order valence-corrected chi connectivity index (χ0v) is 19.1. The molecule has 0 amide bonds. The number of aromatic nitrogens is 2. The monoisotopic (exact) mass is 406 g/mol. The Balaban J connectivity index is 1.75. The van der Waals surface area contributed by atoms with Gasteiger partial charge >= 0.3 is 0 Å². The highest BCUT2D eigenvalue weighted by Crippen LogP contribution is 2.46. The summed E-state index contributed by atoms with van der Waals surface area (Å²) in [6.45, 7) is 9.47. The van der Waals surface area contributed by atoms with Crippen molar-refractivity contribution >= 4 is 0 Å². The Kier molecular flexibility index (Phi) is 8.54. The van der Waals surface area contributed by atoms with E-state index in [0.29, 0.717) is 12.0 Å². The van der Waals surface area contributed by atoms with E-state index in [1.165, 1.54) is 49.9 Å². The maximum atomic E-state index is 5.88. The van der Waals surface area contributed by atoms with Crippen LogP contribution >= 0.6 is 0 Å². The molecule has 1 aromatic heterocycles. The average molecular weight is 407 g/mol. The lowest BCUT2D eigenvalue weighted by Crippen LogP contribution is -2.38. The fourth-order valence-electron chi connectivity index (χ4n) is 5.27. The quantitative estimate of drug-likeness (QED) is 0.559. The Labute approximate surface area is 177 Å². The normalized spacial score (nSPS) is 20.1. The SMILES string of the molecule is CCOCC1(COCC)CCC(c2c(CC(CNC)NC)nn3c2CCC3)CC1. The average Bonchev–Trinajstić information content (AvgIpc) is 3.32. The molecule has 0 spiro atoms. The van der Waals surface area contributed by atoms with Crippen LogP contribution in [0.3, 0.4) is 0 Å². The van der Waals surface area contributed by atoms with Crippen LogP contribution < -0.4 is 10.6 Å². The third-order valence-electron chi connectivity index (χ3n) is 6.94. The predicted octanol–water partition coefficient (Wildman–Crippen LogP) is 2.90. The minimum Gasteiger partial charge on any atom is -0.381 e. The first-order chi connectivity index (χ1) is 14.2. The lowest BCUT2D eigenvalue weighted by molar-refractivity contribution is -0.0395. The molecular formula is C23H42N4O2. The van der Waals surface area contributed by atoms with Crippen molar-refractivity contribution in [3.63, 3.8) is 0 Å². The van der Waals surface area contributed by atoms with Gasteiger partial charge in [0.25, 0.3) is 0 Å². The number of nitrogens with one attached hydrogen (secondary N) is 2. The van der Waals surface area contributed by atoms with Crippen molar-refractivity contribution in [2.45, 2.75) is 77.3 Å². The van der Waals surface area contributed by atoms with Crippen LogP contribution in [0.15, 0.2) is 0 Å². The highest BCUT2D eigenvalue weighted by Gasteiger charge is 2.39. The van der Waals surface area contributed by atoms with Crippen LogP contribution in [-0.2, 0) is 28.9 Å². The number of nitrogens with zero attached hydrogens (tertiary/aromatic N) is 2. The maximum Gasteiger partial charge on any atom is 0.0678 e. The third kappa shape index (κ3) is 5.40. The van der Waals surface area contributed by atoms with Crippen LogP contribution in [0.25, 0.3) is 0 Å². The first kappa shape index (κ1) is 22.7. The van der Waals surface area contributed by atoms with Gasteiger partial charge in [0.05, 0.1) is 18.9 Å². The van der Waals surface area contributed by atoms with Crippen molar-refractivity contribution in [1.29, 1.82) is 0 Å². The van der Waals surface area contributed by atoms with Crippen molar-refractivity contribution in [3.05, 3.63) is 17.0 Å². The number of hydrogen-bond donors (Lipinski definition) is 2. The van der Waals surface area contributed by atoms with E-state index < -0.39 is 0 Å². The zero-order valence-electron chi connectivity index (χ0n) is 19.1. The van der Waals surface area contributed by atoms with Crippen LogP contribution in [0.1, 0.15) is 68.8 Å². The van der Waals surface area contributed by atoms with Crippen LogP contribution in [0.5, 0.6) is 0 Å². The van der Waals surface area contributed by atoms with Gasteiger partial charge in [-0.25, -0.2) is 0 Å². The first-order valence-corrected chi connectivity index (χ1v) is 11.7. The summed E-state index contributed by atoms with van der Waals surface area (Å²) in [6, 6.07) is 0.424.